The molecule has 0 radical (unpaired) electrons. The van der Waals surface area contributed by atoms with E-state index in [4.69, 9.17) is 15.2 Å². The number of carboxylic acids is 1. The number of aliphatic carboxylic acids is 1. The summed E-state index contributed by atoms with van der Waals surface area (Å²) in [6.07, 6.45) is 3.92. The lowest BCUT2D eigenvalue weighted by Crippen LogP contribution is -2.51. The van der Waals surface area contributed by atoms with Gasteiger partial charge in [-0.05, 0) is 59.5 Å². The number of aliphatic hydroxyl groups is 1. The normalized spacial score (nSPS) is 20.2. The van der Waals surface area contributed by atoms with E-state index in [0.717, 1.165) is 25.7 Å². The molecule has 0 aromatic carbocycles. The number of nitrogens with two attached hydrogens (primary N) is 1. The van der Waals surface area contributed by atoms with Crippen LogP contribution in [0.5, 0.6) is 0 Å². The van der Waals surface area contributed by atoms with Gasteiger partial charge >= 0.3 is 5.97 Å². The predicted octanol–water partition coefficient (Wildman–Crippen LogP) is 2.06. The molecule has 0 aromatic rings. The molecule has 1 heterocycles. The van der Waals surface area contributed by atoms with Crippen molar-refractivity contribution in [3.63, 3.8) is 0 Å². The van der Waals surface area contributed by atoms with Crippen LogP contribution in [0.25, 0.3) is 0 Å². The first-order chi connectivity index (χ1) is 15.8. The minimum Gasteiger partial charge on any atom is -0.478 e. The number of amides is 1. The van der Waals surface area contributed by atoms with Crippen LogP contribution in [0.2, 0.25) is 0 Å². The smallest absolute Gasteiger partial charge is 0.370 e. The number of guanidine groups is 1. The van der Waals surface area contributed by atoms with Gasteiger partial charge < -0.3 is 36.1 Å². The van der Waals surface area contributed by atoms with Crippen LogP contribution in [0, 0.1) is 0 Å². The number of unbranched alkanes of at least 4 members (excludes halogenated alkanes) is 1. The first kappa shape index (κ1) is 29.7. The number of carbonyl (C=O) groups is 2. The third kappa shape index (κ3) is 11.2. The molecule has 3 atom stereocenters. The van der Waals surface area contributed by atoms with Crippen LogP contribution in [-0.2, 0) is 19.1 Å². The first-order valence-electron chi connectivity index (χ1n) is 12.0. The van der Waals surface area contributed by atoms with Crippen LogP contribution >= 0.6 is 0 Å². The molecule has 196 valence electrons. The Balaban J connectivity index is 2.57. The van der Waals surface area contributed by atoms with Crippen molar-refractivity contribution in [2.45, 2.75) is 109 Å². The van der Waals surface area contributed by atoms with Crippen molar-refractivity contribution in [1.29, 1.82) is 0 Å². The summed E-state index contributed by atoms with van der Waals surface area (Å²) in [4.78, 5) is 27.0. The van der Waals surface area contributed by atoms with Gasteiger partial charge in [0.15, 0.2) is 5.96 Å². The maximum Gasteiger partial charge on any atom is 0.370 e. The Hall–Kier alpha value is -2.33. The summed E-state index contributed by atoms with van der Waals surface area (Å²) >= 11 is 0. The largest absolute Gasteiger partial charge is 0.478 e. The van der Waals surface area contributed by atoms with Gasteiger partial charge in [0.25, 0.3) is 0 Å². The van der Waals surface area contributed by atoms with Crippen molar-refractivity contribution >= 4 is 17.8 Å². The lowest BCUT2D eigenvalue weighted by atomic mass is 9.97. The monoisotopic (exact) mass is 484 g/mol. The number of carbonyl (C=O) groups excluding carboxylic acids is 1. The highest BCUT2D eigenvalue weighted by Crippen LogP contribution is 2.22. The number of nitrogens with one attached hydrogen (secondary N) is 2. The number of nitrogens with zero attached hydrogens (tertiary/aromatic N) is 1. The van der Waals surface area contributed by atoms with E-state index in [0.29, 0.717) is 6.61 Å². The number of carboxylic acid groups (broad SMARTS) is 1. The van der Waals surface area contributed by atoms with Gasteiger partial charge in [0.2, 0.25) is 11.7 Å². The lowest BCUT2D eigenvalue weighted by Gasteiger charge is -2.34. The van der Waals surface area contributed by atoms with Crippen molar-refractivity contribution in [1.82, 2.24) is 10.6 Å². The van der Waals surface area contributed by atoms with Gasteiger partial charge in [0.05, 0.1) is 17.7 Å². The second-order valence-electron chi connectivity index (χ2n) is 10.1. The van der Waals surface area contributed by atoms with E-state index in [1.165, 1.54) is 13.0 Å². The van der Waals surface area contributed by atoms with Crippen LogP contribution < -0.4 is 16.4 Å². The summed E-state index contributed by atoms with van der Waals surface area (Å²) in [6.45, 7) is 12.5. The molecular formula is C24H44N4O6. The zero-order valence-electron chi connectivity index (χ0n) is 21.5. The molecule has 0 fully saturated rings. The highest BCUT2D eigenvalue weighted by Gasteiger charge is 2.35. The molecule has 0 aliphatic carbocycles. The molecular weight excluding hydrogens is 440 g/mol. The second-order valence-corrected chi connectivity index (χ2v) is 10.1. The van der Waals surface area contributed by atoms with Crippen LogP contribution in [0.3, 0.4) is 0 Å². The molecule has 34 heavy (non-hydrogen) atoms. The topological polar surface area (TPSA) is 156 Å². The molecule has 0 bridgehead atoms. The summed E-state index contributed by atoms with van der Waals surface area (Å²) in [7, 11) is 0. The molecule has 0 unspecified atom stereocenters. The van der Waals surface area contributed by atoms with Crippen molar-refractivity contribution in [2.75, 3.05) is 13.2 Å². The van der Waals surface area contributed by atoms with E-state index in [2.05, 4.69) is 36.4 Å². The average molecular weight is 485 g/mol. The SMILES string of the molecule is CCCCC(C)(C)OCCC(C)(C)NC(N)=NCC[C@@H](O)[C@@H]1OC(C(=O)O)=CC[C@H]1NC(C)=O. The van der Waals surface area contributed by atoms with Gasteiger partial charge in [-0.2, -0.15) is 0 Å². The Morgan fingerprint density at radius 3 is 2.59 bits per heavy atom. The third-order valence-electron chi connectivity index (χ3n) is 5.72. The molecule has 1 rings (SSSR count). The molecule has 6 N–H and O–H groups in total. The zero-order chi connectivity index (χ0) is 25.9. The maximum atomic E-state index is 11.5. The Morgan fingerprint density at radius 2 is 2.00 bits per heavy atom. The summed E-state index contributed by atoms with van der Waals surface area (Å²) in [6, 6.07) is -0.532. The minimum absolute atomic E-state index is 0.159. The molecule has 0 saturated heterocycles. The standard InChI is InChI=1S/C24H44N4O6/c1-7-8-12-24(5,6)33-15-13-23(3,4)28-22(25)26-14-11-18(30)20-17(27-16(2)29)9-10-19(34-20)21(31)32/h10,17-18,20,30H,7-9,11-15H2,1-6H3,(H,27,29)(H,31,32)(H3,25,26,28)/t17-,18-,20-/m1/s1. The van der Waals surface area contributed by atoms with Gasteiger partial charge in [0.1, 0.15) is 6.10 Å². The fourth-order valence-electron chi connectivity index (χ4n) is 3.72. The Kier molecular flexibility index (Phi) is 11.8. The van der Waals surface area contributed by atoms with E-state index in [9.17, 15) is 19.8 Å². The molecule has 1 aliphatic rings. The lowest BCUT2D eigenvalue weighted by molar-refractivity contribution is -0.141. The van der Waals surface area contributed by atoms with Crippen LogP contribution in [0.1, 0.15) is 80.1 Å². The van der Waals surface area contributed by atoms with Gasteiger partial charge in [0, 0.05) is 25.6 Å². The Bertz CT molecular complexity index is 735. The average Bonchev–Trinajstić information content (AvgIpc) is 2.71. The number of ether oxygens (including phenoxy) is 2. The molecule has 10 heteroatoms. The molecule has 10 nitrogen and oxygen atoms in total. The molecule has 0 spiro atoms. The summed E-state index contributed by atoms with van der Waals surface area (Å²) in [5, 5.41) is 25.7. The fourth-order valence-corrected chi connectivity index (χ4v) is 3.72. The predicted molar refractivity (Wildman–Crippen MR) is 131 cm³/mol. The van der Waals surface area contributed by atoms with E-state index >= 15 is 0 Å². The maximum absolute atomic E-state index is 11.5. The van der Waals surface area contributed by atoms with Gasteiger partial charge in [-0.3, -0.25) is 9.79 Å². The van der Waals surface area contributed by atoms with Gasteiger partial charge in [-0.1, -0.05) is 19.8 Å². The molecule has 1 aliphatic heterocycles. The zero-order valence-corrected chi connectivity index (χ0v) is 21.5. The number of rotatable bonds is 14. The number of hydrogen-bond acceptors (Lipinski definition) is 6. The number of aliphatic imine (C=N–C) groups is 1. The quantitative estimate of drug-likeness (QED) is 0.185. The molecule has 1 amide bonds. The van der Waals surface area contributed by atoms with Crippen molar-refractivity contribution in [3.8, 4) is 0 Å². The fraction of sp³-hybridized carbons (Fsp3) is 0.792. The number of aliphatic hydroxyl groups excluding tert-OH is 1. The van der Waals surface area contributed by atoms with E-state index in [1.54, 1.807) is 0 Å². The van der Waals surface area contributed by atoms with Crippen LogP contribution in [-0.4, -0.2) is 70.6 Å². The van der Waals surface area contributed by atoms with E-state index in [-0.39, 0.29) is 48.2 Å². The second kappa shape index (κ2) is 13.5. The molecule has 0 aromatic heterocycles. The third-order valence-corrected chi connectivity index (χ3v) is 5.72. The van der Waals surface area contributed by atoms with Crippen molar-refractivity contribution < 1.29 is 29.3 Å². The van der Waals surface area contributed by atoms with Crippen molar-refractivity contribution in [3.05, 3.63) is 11.8 Å². The summed E-state index contributed by atoms with van der Waals surface area (Å²) < 4.78 is 11.5. The van der Waals surface area contributed by atoms with Gasteiger partial charge in [-0.25, -0.2) is 4.79 Å². The van der Waals surface area contributed by atoms with Crippen LogP contribution in [0.4, 0.5) is 0 Å². The first-order valence-corrected chi connectivity index (χ1v) is 12.0. The number of hydrogen-bond donors (Lipinski definition) is 5. The van der Waals surface area contributed by atoms with E-state index < -0.39 is 24.2 Å². The Labute approximate surface area is 203 Å². The molecule has 0 saturated carbocycles. The van der Waals surface area contributed by atoms with E-state index in [1.807, 2.05) is 13.8 Å². The minimum atomic E-state index is -1.22. The summed E-state index contributed by atoms with van der Waals surface area (Å²) in [5.41, 5.74) is 5.55. The van der Waals surface area contributed by atoms with Crippen LogP contribution in [0.15, 0.2) is 16.8 Å². The summed E-state index contributed by atoms with van der Waals surface area (Å²) in [5.74, 6) is -1.50. The highest BCUT2D eigenvalue weighted by molar-refractivity contribution is 5.84. The van der Waals surface area contributed by atoms with Crippen molar-refractivity contribution in [2.24, 2.45) is 10.7 Å². The highest BCUT2D eigenvalue weighted by atomic mass is 16.5. The van der Waals surface area contributed by atoms with Gasteiger partial charge in [-0.15, -0.1) is 0 Å². The Morgan fingerprint density at radius 1 is 1.32 bits per heavy atom.